The first-order chi connectivity index (χ1) is 8.04. The third-order valence-electron chi connectivity index (χ3n) is 2.24. The Balaban J connectivity index is 2.59. The summed E-state index contributed by atoms with van der Waals surface area (Å²) in [6.07, 6.45) is 0. The molecule has 5 heteroatoms. The number of carbonyl (C=O) groups excluding carboxylic acids is 2. The topological polar surface area (TPSA) is 61.4 Å². The largest absolute Gasteiger partial charge is 0.338 e. The SMILES string of the molecule is CCNC(=O)N(C)C(=O)Nc1ccc(C)cc1. The van der Waals surface area contributed by atoms with Gasteiger partial charge in [-0.25, -0.2) is 14.5 Å². The van der Waals surface area contributed by atoms with E-state index in [-0.39, 0.29) is 0 Å². The molecule has 2 N–H and O–H groups in total. The van der Waals surface area contributed by atoms with Gasteiger partial charge in [0.2, 0.25) is 0 Å². The summed E-state index contributed by atoms with van der Waals surface area (Å²) < 4.78 is 0. The van der Waals surface area contributed by atoms with E-state index in [0.717, 1.165) is 10.5 Å². The Labute approximate surface area is 101 Å². The first kappa shape index (κ1) is 13.0. The van der Waals surface area contributed by atoms with Gasteiger partial charge in [-0.1, -0.05) is 17.7 Å². The number of imide groups is 1. The van der Waals surface area contributed by atoms with Gasteiger partial charge in [-0.2, -0.15) is 0 Å². The van der Waals surface area contributed by atoms with Gasteiger partial charge in [0.1, 0.15) is 0 Å². The van der Waals surface area contributed by atoms with Gasteiger partial charge in [-0.15, -0.1) is 0 Å². The van der Waals surface area contributed by atoms with Gasteiger partial charge in [-0.3, -0.25) is 0 Å². The monoisotopic (exact) mass is 235 g/mol. The Morgan fingerprint density at radius 3 is 2.29 bits per heavy atom. The first-order valence-electron chi connectivity index (χ1n) is 5.43. The lowest BCUT2D eigenvalue weighted by Crippen LogP contribution is -2.43. The standard InChI is InChI=1S/C12H17N3O2/c1-4-13-11(16)15(3)12(17)14-10-7-5-9(2)6-8-10/h5-8H,4H2,1-3H3,(H,13,16)(H,14,17). The lowest BCUT2D eigenvalue weighted by atomic mass is 10.2. The van der Waals surface area contributed by atoms with Crippen molar-refractivity contribution in [1.29, 1.82) is 0 Å². The van der Waals surface area contributed by atoms with Crippen LogP contribution in [0, 0.1) is 6.92 Å². The van der Waals surface area contributed by atoms with Crippen LogP contribution < -0.4 is 10.6 Å². The van der Waals surface area contributed by atoms with Crippen molar-refractivity contribution in [3.63, 3.8) is 0 Å². The van der Waals surface area contributed by atoms with Crippen molar-refractivity contribution in [3.05, 3.63) is 29.8 Å². The maximum atomic E-state index is 11.7. The number of hydrogen-bond donors (Lipinski definition) is 2. The Bertz CT molecular complexity index is 401. The number of nitrogens with zero attached hydrogens (tertiary/aromatic N) is 1. The zero-order chi connectivity index (χ0) is 12.8. The van der Waals surface area contributed by atoms with Gasteiger partial charge in [0, 0.05) is 19.3 Å². The molecule has 1 aromatic rings. The second kappa shape index (κ2) is 5.89. The summed E-state index contributed by atoms with van der Waals surface area (Å²) in [5.74, 6) is 0. The van der Waals surface area contributed by atoms with Crippen LogP contribution in [0.5, 0.6) is 0 Å². The molecule has 0 aliphatic carbocycles. The van der Waals surface area contributed by atoms with Crippen molar-refractivity contribution >= 4 is 17.7 Å². The van der Waals surface area contributed by atoms with Crippen molar-refractivity contribution in [2.75, 3.05) is 18.9 Å². The van der Waals surface area contributed by atoms with Gasteiger partial charge in [-0.05, 0) is 26.0 Å². The molecule has 0 saturated carbocycles. The van der Waals surface area contributed by atoms with Crippen LogP contribution in [0.1, 0.15) is 12.5 Å². The second-order valence-corrected chi connectivity index (χ2v) is 3.69. The third-order valence-corrected chi connectivity index (χ3v) is 2.24. The van der Waals surface area contributed by atoms with E-state index in [2.05, 4.69) is 10.6 Å². The molecule has 17 heavy (non-hydrogen) atoms. The predicted molar refractivity (Wildman–Crippen MR) is 67.0 cm³/mol. The normalized spacial score (nSPS) is 9.59. The van der Waals surface area contributed by atoms with E-state index in [1.807, 2.05) is 19.1 Å². The molecule has 0 saturated heterocycles. The number of urea groups is 2. The molecule has 0 aliphatic rings. The fraction of sp³-hybridized carbons (Fsp3) is 0.333. The molecule has 5 nitrogen and oxygen atoms in total. The van der Waals surface area contributed by atoms with Crippen LogP contribution in [0.4, 0.5) is 15.3 Å². The van der Waals surface area contributed by atoms with E-state index < -0.39 is 12.1 Å². The number of rotatable bonds is 2. The average Bonchev–Trinajstić information content (AvgIpc) is 2.31. The molecular weight excluding hydrogens is 218 g/mol. The summed E-state index contributed by atoms with van der Waals surface area (Å²) in [5, 5.41) is 5.18. The molecular formula is C12H17N3O2. The summed E-state index contributed by atoms with van der Waals surface area (Å²) >= 11 is 0. The first-order valence-corrected chi connectivity index (χ1v) is 5.43. The minimum absolute atomic E-state index is 0.419. The van der Waals surface area contributed by atoms with Crippen molar-refractivity contribution < 1.29 is 9.59 Å². The highest BCUT2D eigenvalue weighted by Crippen LogP contribution is 2.09. The molecule has 1 aromatic carbocycles. The van der Waals surface area contributed by atoms with Crippen LogP contribution in [-0.4, -0.2) is 30.6 Å². The summed E-state index contributed by atoms with van der Waals surface area (Å²) in [5.41, 5.74) is 1.77. The number of hydrogen-bond acceptors (Lipinski definition) is 2. The van der Waals surface area contributed by atoms with Crippen molar-refractivity contribution in [1.82, 2.24) is 10.2 Å². The zero-order valence-corrected chi connectivity index (χ0v) is 10.3. The predicted octanol–water partition coefficient (Wildman–Crippen LogP) is 2.19. The van der Waals surface area contributed by atoms with Crippen LogP contribution in [0.25, 0.3) is 0 Å². The van der Waals surface area contributed by atoms with Crippen LogP contribution in [0.15, 0.2) is 24.3 Å². The van der Waals surface area contributed by atoms with Crippen LogP contribution in [0.3, 0.4) is 0 Å². The third kappa shape index (κ3) is 3.79. The molecule has 0 aliphatic heterocycles. The molecule has 1 rings (SSSR count). The summed E-state index contributed by atoms with van der Waals surface area (Å²) in [6, 6.07) is 6.48. The zero-order valence-electron chi connectivity index (χ0n) is 10.3. The highest BCUT2D eigenvalue weighted by atomic mass is 16.2. The van der Waals surface area contributed by atoms with Crippen LogP contribution >= 0.6 is 0 Å². The fourth-order valence-corrected chi connectivity index (χ4v) is 1.21. The summed E-state index contributed by atoms with van der Waals surface area (Å²) in [6.45, 7) is 4.25. The number of anilines is 1. The minimum atomic E-state index is -0.459. The molecule has 0 spiro atoms. The maximum Gasteiger partial charge on any atom is 0.329 e. The Hall–Kier alpha value is -2.04. The van der Waals surface area contributed by atoms with Crippen LogP contribution in [0.2, 0.25) is 0 Å². The lowest BCUT2D eigenvalue weighted by molar-refractivity contribution is 0.202. The van der Waals surface area contributed by atoms with E-state index in [9.17, 15) is 9.59 Å². The van der Waals surface area contributed by atoms with Gasteiger partial charge in [0.25, 0.3) is 0 Å². The molecule has 4 amide bonds. The molecule has 0 aromatic heterocycles. The van der Waals surface area contributed by atoms with E-state index in [4.69, 9.17) is 0 Å². The van der Waals surface area contributed by atoms with E-state index in [1.54, 1.807) is 19.1 Å². The molecule has 0 radical (unpaired) electrons. The number of amides is 4. The highest BCUT2D eigenvalue weighted by molar-refractivity contribution is 6.00. The Morgan fingerprint density at radius 1 is 1.18 bits per heavy atom. The molecule has 0 heterocycles. The molecule has 0 fully saturated rings. The quantitative estimate of drug-likeness (QED) is 0.825. The fourth-order valence-electron chi connectivity index (χ4n) is 1.21. The number of carbonyl (C=O) groups is 2. The lowest BCUT2D eigenvalue weighted by Gasteiger charge is -2.16. The molecule has 0 atom stereocenters. The molecule has 0 unspecified atom stereocenters. The van der Waals surface area contributed by atoms with Gasteiger partial charge in [0.05, 0.1) is 0 Å². The number of nitrogens with one attached hydrogen (secondary N) is 2. The maximum absolute atomic E-state index is 11.7. The average molecular weight is 235 g/mol. The smallest absolute Gasteiger partial charge is 0.329 e. The van der Waals surface area contributed by atoms with E-state index in [1.165, 1.54) is 7.05 Å². The van der Waals surface area contributed by atoms with Crippen molar-refractivity contribution in [2.24, 2.45) is 0 Å². The highest BCUT2D eigenvalue weighted by Gasteiger charge is 2.15. The Morgan fingerprint density at radius 2 is 1.76 bits per heavy atom. The van der Waals surface area contributed by atoms with Crippen molar-refractivity contribution in [2.45, 2.75) is 13.8 Å². The van der Waals surface area contributed by atoms with E-state index >= 15 is 0 Å². The Kier molecular flexibility index (Phi) is 4.51. The summed E-state index contributed by atoms with van der Waals surface area (Å²) in [7, 11) is 1.43. The summed E-state index contributed by atoms with van der Waals surface area (Å²) in [4.78, 5) is 24.1. The second-order valence-electron chi connectivity index (χ2n) is 3.69. The molecule has 0 bridgehead atoms. The molecule has 92 valence electrons. The van der Waals surface area contributed by atoms with Crippen LogP contribution in [-0.2, 0) is 0 Å². The van der Waals surface area contributed by atoms with E-state index in [0.29, 0.717) is 12.2 Å². The van der Waals surface area contributed by atoms with Gasteiger partial charge < -0.3 is 10.6 Å². The number of benzene rings is 1. The van der Waals surface area contributed by atoms with Gasteiger partial charge >= 0.3 is 12.1 Å². The minimum Gasteiger partial charge on any atom is -0.338 e. The van der Waals surface area contributed by atoms with Crippen molar-refractivity contribution in [3.8, 4) is 0 Å². The number of aryl methyl sites for hydroxylation is 1. The van der Waals surface area contributed by atoms with Gasteiger partial charge in [0.15, 0.2) is 0 Å².